The van der Waals surface area contributed by atoms with Gasteiger partial charge in [-0.2, -0.15) is 4.31 Å². The summed E-state index contributed by atoms with van der Waals surface area (Å²) in [6.45, 7) is 2.90. The molecule has 0 unspecified atom stereocenters. The number of halogens is 3. The van der Waals surface area contributed by atoms with E-state index in [0.29, 0.717) is 24.2 Å². The summed E-state index contributed by atoms with van der Waals surface area (Å²) in [5.74, 6) is -1.67. The van der Waals surface area contributed by atoms with Gasteiger partial charge in [0, 0.05) is 30.2 Å². The predicted molar refractivity (Wildman–Crippen MR) is 146 cm³/mol. The molecule has 1 amide bonds. The number of carbonyl (C=O) groups is 1. The molecule has 3 aliphatic rings. The van der Waals surface area contributed by atoms with Crippen molar-refractivity contribution < 1.29 is 31.5 Å². The number of morpholine rings is 1. The summed E-state index contributed by atoms with van der Waals surface area (Å²) < 4.78 is 68.5. The Labute approximate surface area is 238 Å². The second-order valence-electron chi connectivity index (χ2n) is 10.6. The van der Waals surface area contributed by atoms with Crippen molar-refractivity contribution in [2.75, 3.05) is 46.0 Å². The quantitative estimate of drug-likeness (QED) is 0.474. The molecule has 0 radical (unpaired) electrons. The fourth-order valence-corrected chi connectivity index (χ4v) is 7.78. The molecule has 218 valence electrons. The number of hydrogen-bond donors (Lipinski definition) is 0. The number of carbonyl (C=O) groups excluding carboxylic acids is 1. The van der Waals surface area contributed by atoms with Gasteiger partial charge in [-0.05, 0) is 80.7 Å². The highest BCUT2D eigenvalue weighted by atomic mass is 35.5. The summed E-state index contributed by atoms with van der Waals surface area (Å²) in [6, 6.07) is 7.04. The van der Waals surface area contributed by atoms with Gasteiger partial charge >= 0.3 is 6.09 Å². The maximum atomic E-state index is 14.1. The Bertz CT molecular complexity index is 1270. The zero-order chi connectivity index (χ0) is 28.3. The van der Waals surface area contributed by atoms with Gasteiger partial charge in [0.2, 0.25) is 10.0 Å². The van der Waals surface area contributed by atoms with Crippen LogP contribution in [0, 0.1) is 11.6 Å². The van der Waals surface area contributed by atoms with Gasteiger partial charge in [-0.15, -0.1) is 0 Å². The van der Waals surface area contributed by atoms with Crippen molar-refractivity contribution in [3.63, 3.8) is 0 Å². The zero-order valence-electron chi connectivity index (χ0n) is 22.2. The first kappa shape index (κ1) is 29.2. The van der Waals surface area contributed by atoms with Crippen LogP contribution in [0.5, 0.6) is 0 Å². The summed E-state index contributed by atoms with van der Waals surface area (Å²) in [5, 5.41) is 0.360. The normalized spacial score (nSPS) is 23.7. The lowest BCUT2D eigenvalue weighted by atomic mass is 10.0. The van der Waals surface area contributed by atoms with Crippen LogP contribution in [-0.2, 0) is 19.5 Å². The van der Waals surface area contributed by atoms with Gasteiger partial charge < -0.3 is 19.3 Å². The van der Waals surface area contributed by atoms with Crippen LogP contribution < -0.4 is 0 Å². The zero-order valence-corrected chi connectivity index (χ0v) is 23.8. The number of hydrogen-bond acceptors (Lipinski definition) is 6. The lowest BCUT2D eigenvalue weighted by molar-refractivity contribution is -0.0322. The average molecular weight is 598 g/mol. The molecule has 3 fully saturated rings. The maximum absolute atomic E-state index is 14.1. The topological polar surface area (TPSA) is 79.4 Å². The van der Waals surface area contributed by atoms with Crippen LogP contribution in [0.15, 0.2) is 47.4 Å². The standard InChI is InChI=1S/C28H34ClF2N3O5S/c29-21-4-6-26(7-5-21)40(36,37)34-25(17-38-19-27(34)20-14-22(30)16-23(31)15-20)18-39-28(35)33-12-8-24(9-13-33)32-10-2-1-3-11-32/h4-7,14-16,24-25,27H,1-3,8-13,17-19H2/t25-,27-/m0/s1. The van der Waals surface area contributed by atoms with Crippen LogP contribution in [0.1, 0.15) is 43.7 Å². The molecule has 5 rings (SSSR count). The summed E-state index contributed by atoms with van der Waals surface area (Å²) in [4.78, 5) is 17.1. The minimum Gasteiger partial charge on any atom is -0.448 e. The van der Waals surface area contributed by atoms with E-state index in [0.717, 1.165) is 48.4 Å². The number of rotatable bonds is 6. The molecule has 40 heavy (non-hydrogen) atoms. The number of amides is 1. The van der Waals surface area contributed by atoms with Crippen LogP contribution in [-0.4, -0.2) is 86.7 Å². The smallest absolute Gasteiger partial charge is 0.409 e. The Morgan fingerprint density at radius 2 is 1.60 bits per heavy atom. The van der Waals surface area contributed by atoms with Crippen LogP contribution >= 0.6 is 11.6 Å². The molecule has 2 aromatic rings. The minimum atomic E-state index is -4.20. The molecule has 0 bridgehead atoms. The number of sulfonamides is 1. The third-order valence-electron chi connectivity index (χ3n) is 7.94. The van der Waals surface area contributed by atoms with E-state index in [1.165, 1.54) is 43.5 Å². The number of likely N-dealkylation sites (tertiary alicyclic amines) is 2. The maximum Gasteiger partial charge on any atom is 0.409 e. The van der Waals surface area contributed by atoms with E-state index in [4.69, 9.17) is 21.1 Å². The van der Waals surface area contributed by atoms with E-state index in [2.05, 4.69) is 4.90 Å². The van der Waals surface area contributed by atoms with Crippen LogP contribution in [0.3, 0.4) is 0 Å². The molecule has 3 saturated heterocycles. The fraction of sp³-hybridized carbons (Fsp3) is 0.536. The second-order valence-corrected chi connectivity index (χ2v) is 12.9. The average Bonchev–Trinajstić information content (AvgIpc) is 2.96. The molecule has 0 spiro atoms. The third kappa shape index (κ3) is 6.60. The van der Waals surface area contributed by atoms with E-state index >= 15 is 0 Å². The van der Waals surface area contributed by atoms with Crippen molar-refractivity contribution in [2.24, 2.45) is 0 Å². The lowest BCUT2D eigenvalue weighted by Crippen LogP contribution is -2.53. The van der Waals surface area contributed by atoms with Gasteiger partial charge in [-0.1, -0.05) is 18.0 Å². The first-order valence-electron chi connectivity index (χ1n) is 13.7. The van der Waals surface area contributed by atoms with Crippen molar-refractivity contribution in [1.82, 2.24) is 14.1 Å². The summed E-state index contributed by atoms with van der Waals surface area (Å²) >= 11 is 5.97. The van der Waals surface area contributed by atoms with E-state index in [9.17, 15) is 22.0 Å². The van der Waals surface area contributed by atoms with Crippen LogP contribution in [0.2, 0.25) is 5.02 Å². The van der Waals surface area contributed by atoms with Gasteiger partial charge in [-0.25, -0.2) is 22.0 Å². The minimum absolute atomic E-state index is 0.0446. The molecule has 2 aromatic carbocycles. The largest absolute Gasteiger partial charge is 0.448 e. The molecule has 8 nitrogen and oxygen atoms in total. The van der Waals surface area contributed by atoms with Crippen molar-refractivity contribution in [3.05, 3.63) is 64.7 Å². The van der Waals surface area contributed by atoms with Gasteiger partial charge in [0.15, 0.2) is 0 Å². The molecule has 0 aromatic heterocycles. The molecule has 0 aliphatic carbocycles. The Hall–Kier alpha value is -2.31. The molecular formula is C28H34ClF2N3O5S. The second kappa shape index (κ2) is 12.7. The lowest BCUT2D eigenvalue weighted by Gasteiger charge is -2.41. The Morgan fingerprint density at radius 3 is 2.25 bits per heavy atom. The molecular weight excluding hydrogens is 564 g/mol. The monoisotopic (exact) mass is 597 g/mol. The van der Waals surface area contributed by atoms with Crippen molar-refractivity contribution in [3.8, 4) is 0 Å². The Balaban J connectivity index is 1.32. The van der Waals surface area contributed by atoms with Crippen molar-refractivity contribution >= 4 is 27.7 Å². The van der Waals surface area contributed by atoms with Crippen molar-refractivity contribution in [2.45, 2.75) is 55.1 Å². The Morgan fingerprint density at radius 1 is 0.950 bits per heavy atom. The molecule has 3 aliphatic heterocycles. The van der Waals surface area contributed by atoms with E-state index < -0.39 is 39.8 Å². The van der Waals surface area contributed by atoms with Crippen molar-refractivity contribution in [1.29, 1.82) is 0 Å². The summed E-state index contributed by atoms with van der Waals surface area (Å²) in [6.07, 6.45) is 4.92. The number of nitrogens with zero attached hydrogens (tertiary/aromatic N) is 3. The fourth-order valence-electron chi connectivity index (χ4n) is 5.90. The highest BCUT2D eigenvalue weighted by Gasteiger charge is 2.42. The Kier molecular flexibility index (Phi) is 9.26. The summed E-state index contributed by atoms with van der Waals surface area (Å²) in [7, 11) is -4.20. The van der Waals surface area contributed by atoms with Gasteiger partial charge in [0.25, 0.3) is 0 Å². The molecule has 2 atom stereocenters. The van der Waals surface area contributed by atoms with E-state index in [1.807, 2.05) is 0 Å². The molecule has 3 heterocycles. The van der Waals surface area contributed by atoms with Gasteiger partial charge in [-0.3, -0.25) is 0 Å². The van der Waals surface area contributed by atoms with Crippen LogP contribution in [0.4, 0.5) is 13.6 Å². The number of piperidine rings is 2. The highest BCUT2D eigenvalue weighted by molar-refractivity contribution is 7.89. The van der Waals surface area contributed by atoms with Gasteiger partial charge in [0.1, 0.15) is 18.2 Å². The highest BCUT2D eigenvalue weighted by Crippen LogP contribution is 2.35. The van der Waals surface area contributed by atoms with Gasteiger partial charge in [0.05, 0.1) is 30.2 Å². The first-order chi connectivity index (χ1) is 19.2. The van der Waals surface area contributed by atoms with E-state index in [-0.39, 0.29) is 30.3 Å². The third-order valence-corrected chi connectivity index (χ3v) is 10.2. The molecule has 0 N–H and O–H groups in total. The first-order valence-corrected chi connectivity index (χ1v) is 15.5. The number of benzene rings is 2. The molecule has 0 saturated carbocycles. The summed E-state index contributed by atoms with van der Waals surface area (Å²) in [5.41, 5.74) is 0.103. The number of ether oxygens (including phenoxy) is 2. The SMILES string of the molecule is O=C(OC[C@@H]1COC[C@@H](c2cc(F)cc(F)c2)N1S(=O)(=O)c1ccc(Cl)cc1)N1CCC(N2CCCCC2)CC1. The predicted octanol–water partition coefficient (Wildman–Crippen LogP) is 4.84. The molecule has 12 heteroatoms. The van der Waals surface area contributed by atoms with Crippen LogP contribution in [0.25, 0.3) is 0 Å². The van der Waals surface area contributed by atoms with E-state index in [1.54, 1.807) is 4.90 Å².